The molecule has 12 nitrogen and oxygen atoms in total. The molecule has 4 rings (SSSR count). The van der Waals surface area contributed by atoms with E-state index in [2.05, 4.69) is 19.7 Å². The summed E-state index contributed by atoms with van der Waals surface area (Å²) >= 11 is 0. The fourth-order valence-electron chi connectivity index (χ4n) is 10.4. The van der Waals surface area contributed by atoms with Crippen molar-refractivity contribution in [3.05, 3.63) is 36.5 Å². The summed E-state index contributed by atoms with van der Waals surface area (Å²) < 4.78 is 33.4. The summed E-state index contributed by atoms with van der Waals surface area (Å²) in [5.74, 6) is -1.02. The molecule has 4 aliphatic rings. The first-order valence-corrected chi connectivity index (χ1v) is 23.6. The first-order chi connectivity index (χ1) is 29.5. The largest absolute Gasteiger partial charge is 0.461 e. The summed E-state index contributed by atoms with van der Waals surface area (Å²) in [5, 5.41) is 0. The number of rotatable bonds is 22. The van der Waals surface area contributed by atoms with Gasteiger partial charge in [-0.15, -0.1) is 0 Å². The smallest absolute Gasteiger partial charge is 0.333 e. The van der Waals surface area contributed by atoms with Crippen molar-refractivity contribution in [3.63, 3.8) is 0 Å². The maximum absolute atomic E-state index is 13.5. The molecule has 62 heavy (non-hydrogen) atoms. The van der Waals surface area contributed by atoms with Gasteiger partial charge in [0.1, 0.15) is 26.4 Å². The van der Waals surface area contributed by atoms with Crippen molar-refractivity contribution in [2.75, 3.05) is 26.4 Å². The van der Waals surface area contributed by atoms with E-state index < -0.39 is 60.0 Å². The zero-order valence-electron chi connectivity index (χ0n) is 38.3. The van der Waals surface area contributed by atoms with Gasteiger partial charge in [-0.05, 0) is 95.3 Å². The van der Waals surface area contributed by atoms with E-state index in [1.807, 2.05) is 0 Å². The third-order valence-electron chi connectivity index (χ3n) is 13.7. The van der Waals surface area contributed by atoms with Crippen LogP contribution in [0.15, 0.2) is 36.5 Å². The van der Waals surface area contributed by atoms with Gasteiger partial charge in [-0.2, -0.15) is 0 Å². The quantitative estimate of drug-likeness (QED) is 0.0577. The van der Waals surface area contributed by atoms with E-state index >= 15 is 0 Å². The molecule has 6 atom stereocenters. The van der Waals surface area contributed by atoms with Gasteiger partial charge in [-0.1, -0.05) is 110 Å². The van der Waals surface area contributed by atoms with Crippen LogP contribution in [0.1, 0.15) is 163 Å². The molecule has 0 aromatic carbocycles. The second-order valence-electron chi connectivity index (χ2n) is 19.5. The van der Waals surface area contributed by atoms with E-state index in [9.17, 15) is 28.8 Å². The minimum Gasteiger partial charge on any atom is -0.461 e. The molecular weight excluding hydrogens is 793 g/mol. The van der Waals surface area contributed by atoms with Gasteiger partial charge < -0.3 is 28.4 Å². The van der Waals surface area contributed by atoms with Gasteiger partial charge in [0, 0.05) is 29.6 Å². The standard InChI is InChI=1S/C50H76O12/c1-33(2)46(53)57-29-40(61-44(51)26-38-22-14-16-24-42(38)36-18-10-8-11-19-36)31-59-48(55)35(5)28-50(6,7)49(56)60-32-41(30-58-47(54)34(3)4)62-45(52)27-39-23-15-17-25-43(39)37-20-12-9-13-21-37/h36-43H,1,3,5,8-32H2,2,4,6-7H3. The van der Waals surface area contributed by atoms with Crippen LogP contribution >= 0.6 is 0 Å². The van der Waals surface area contributed by atoms with Crippen LogP contribution in [-0.2, 0) is 57.2 Å². The van der Waals surface area contributed by atoms with E-state index in [0.29, 0.717) is 23.7 Å². The van der Waals surface area contributed by atoms with Crippen molar-refractivity contribution in [3.8, 4) is 0 Å². The van der Waals surface area contributed by atoms with Gasteiger partial charge in [0.05, 0.1) is 5.41 Å². The van der Waals surface area contributed by atoms with Gasteiger partial charge in [-0.25, -0.2) is 14.4 Å². The number of hydrogen-bond donors (Lipinski definition) is 0. The Morgan fingerprint density at radius 1 is 0.500 bits per heavy atom. The highest BCUT2D eigenvalue weighted by molar-refractivity contribution is 5.89. The second kappa shape index (κ2) is 25.4. The highest BCUT2D eigenvalue weighted by atomic mass is 16.6. The highest BCUT2D eigenvalue weighted by Crippen LogP contribution is 2.44. The Morgan fingerprint density at radius 3 is 1.26 bits per heavy atom. The fourth-order valence-corrected chi connectivity index (χ4v) is 10.4. The molecule has 4 aliphatic carbocycles. The number of esters is 6. The lowest BCUT2D eigenvalue weighted by molar-refractivity contribution is -0.170. The van der Waals surface area contributed by atoms with Gasteiger partial charge in [-0.3, -0.25) is 14.4 Å². The monoisotopic (exact) mass is 869 g/mol. The second-order valence-corrected chi connectivity index (χ2v) is 19.5. The molecule has 348 valence electrons. The van der Waals surface area contributed by atoms with E-state index in [1.165, 1.54) is 90.9 Å². The van der Waals surface area contributed by atoms with Gasteiger partial charge in [0.25, 0.3) is 0 Å². The summed E-state index contributed by atoms with van der Waals surface area (Å²) in [6.45, 7) is 15.8. The van der Waals surface area contributed by atoms with Gasteiger partial charge in [0.2, 0.25) is 0 Å². The molecule has 4 fully saturated rings. The first kappa shape index (κ1) is 50.7. The van der Waals surface area contributed by atoms with Crippen LogP contribution in [0.3, 0.4) is 0 Å². The van der Waals surface area contributed by atoms with Crippen LogP contribution in [0.25, 0.3) is 0 Å². The zero-order valence-corrected chi connectivity index (χ0v) is 38.3. The zero-order chi connectivity index (χ0) is 45.2. The maximum atomic E-state index is 13.5. The van der Waals surface area contributed by atoms with Gasteiger partial charge >= 0.3 is 35.8 Å². The van der Waals surface area contributed by atoms with Gasteiger partial charge in [0.15, 0.2) is 12.2 Å². The van der Waals surface area contributed by atoms with Crippen LogP contribution in [0.5, 0.6) is 0 Å². The van der Waals surface area contributed by atoms with E-state index in [0.717, 1.165) is 38.5 Å². The minimum atomic E-state index is -1.27. The molecule has 0 N–H and O–H groups in total. The van der Waals surface area contributed by atoms with E-state index in [-0.39, 0.29) is 67.6 Å². The lowest BCUT2D eigenvalue weighted by Gasteiger charge is -2.38. The molecule has 0 heterocycles. The van der Waals surface area contributed by atoms with Crippen molar-refractivity contribution < 1.29 is 57.2 Å². The van der Waals surface area contributed by atoms with Crippen molar-refractivity contribution >= 4 is 35.8 Å². The Bertz CT molecular complexity index is 1570. The topological polar surface area (TPSA) is 158 Å². The summed E-state index contributed by atoms with van der Waals surface area (Å²) in [6, 6.07) is 0. The molecular formula is C50H76O12. The molecule has 0 aliphatic heterocycles. The number of carbonyl (C=O) groups is 6. The normalized spacial score (nSPS) is 23.4. The summed E-state index contributed by atoms with van der Waals surface area (Å²) in [6.07, 6.45) is 19.2. The van der Waals surface area contributed by atoms with Crippen LogP contribution in [-0.4, -0.2) is 74.5 Å². The lowest BCUT2D eigenvalue weighted by atomic mass is 9.67. The van der Waals surface area contributed by atoms with Crippen molar-refractivity contribution in [1.29, 1.82) is 0 Å². The molecule has 4 saturated carbocycles. The highest BCUT2D eigenvalue weighted by Gasteiger charge is 2.38. The Morgan fingerprint density at radius 2 is 0.855 bits per heavy atom. The first-order valence-electron chi connectivity index (χ1n) is 23.6. The average Bonchev–Trinajstić information content (AvgIpc) is 3.25. The van der Waals surface area contributed by atoms with Crippen LogP contribution in [0.4, 0.5) is 0 Å². The fraction of sp³-hybridized carbons (Fsp3) is 0.760. The van der Waals surface area contributed by atoms with Crippen LogP contribution < -0.4 is 0 Å². The molecule has 0 radical (unpaired) electrons. The third kappa shape index (κ3) is 16.6. The predicted molar refractivity (Wildman–Crippen MR) is 234 cm³/mol. The number of hydrogen-bond acceptors (Lipinski definition) is 12. The Labute approximate surface area is 370 Å². The summed E-state index contributed by atoms with van der Waals surface area (Å²) in [7, 11) is 0. The molecule has 6 unspecified atom stereocenters. The van der Waals surface area contributed by atoms with E-state index in [1.54, 1.807) is 13.8 Å². The summed E-state index contributed by atoms with van der Waals surface area (Å²) in [5.41, 5.74) is -0.957. The molecule has 0 bridgehead atoms. The number of ether oxygens (including phenoxy) is 6. The predicted octanol–water partition coefficient (Wildman–Crippen LogP) is 9.66. The third-order valence-corrected chi connectivity index (χ3v) is 13.7. The van der Waals surface area contributed by atoms with E-state index in [4.69, 9.17) is 28.4 Å². The number of carbonyl (C=O) groups excluding carboxylic acids is 6. The Kier molecular flexibility index (Phi) is 20.7. The lowest BCUT2D eigenvalue weighted by Crippen LogP contribution is -2.36. The SMILES string of the molecule is C=C(C)C(=O)OCC(COC(=O)C(=C)CC(C)(C)C(=O)OCC(COC(=O)C(=C)C)OC(=O)CC1CCCCC1C1CCCCC1)OC(=O)CC1CCCCC1C1CCCCC1. The van der Waals surface area contributed by atoms with Crippen molar-refractivity contribution in [2.24, 2.45) is 40.9 Å². The van der Waals surface area contributed by atoms with Crippen LogP contribution in [0, 0.1) is 40.9 Å². The molecule has 12 heteroatoms. The maximum Gasteiger partial charge on any atom is 0.333 e. The Hall–Kier alpha value is -3.96. The molecule has 0 aromatic rings. The van der Waals surface area contributed by atoms with Crippen molar-refractivity contribution in [2.45, 2.75) is 175 Å². The average molecular weight is 869 g/mol. The summed E-state index contributed by atoms with van der Waals surface area (Å²) in [4.78, 5) is 78.0. The van der Waals surface area contributed by atoms with Crippen molar-refractivity contribution in [1.82, 2.24) is 0 Å². The molecule has 0 amide bonds. The van der Waals surface area contributed by atoms with Crippen LogP contribution in [0.2, 0.25) is 0 Å². The molecule has 0 aromatic heterocycles. The Balaban J connectivity index is 1.30. The molecule has 0 spiro atoms. The molecule has 0 saturated heterocycles. The minimum absolute atomic E-state index is 0.0353.